The largest absolute Gasteiger partial charge is 0.398 e. The van der Waals surface area contributed by atoms with E-state index in [0.717, 1.165) is 19.3 Å². The maximum absolute atomic E-state index is 13.0. The normalized spacial score (nSPS) is 50.1. The number of hydrogen-bond acceptors (Lipinski definition) is 0. The molecule has 3 aliphatic rings. The van der Waals surface area contributed by atoms with Gasteiger partial charge in [0.05, 0.1) is 5.41 Å². The van der Waals surface area contributed by atoms with Crippen LogP contribution in [0.5, 0.6) is 0 Å². The summed E-state index contributed by atoms with van der Waals surface area (Å²) in [6, 6.07) is 0. The first-order valence-electron chi connectivity index (χ1n) is 5.31. The average molecular weight is 202 g/mol. The second-order valence-corrected chi connectivity index (χ2v) is 4.97. The van der Waals surface area contributed by atoms with Gasteiger partial charge in [-0.25, -0.2) is 0 Å². The minimum Gasteiger partial charge on any atom is -0.170 e. The minimum atomic E-state index is -4.03. The molecule has 0 aromatic carbocycles. The fourth-order valence-corrected chi connectivity index (χ4v) is 3.95. The molecule has 0 N–H and O–H groups in total. The summed E-state index contributed by atoms with van der Waals surface area (Å²) in [4.78, 5) is 0. The Morgan fingerprint density at radius 3 is 2.71 bits per heavy atom. The van der Waals surface area contributed by atoms with Crippen LogP contribution in [0.1, 0.15) is 25.7 Å². The SMILES string of the molecule is FC(F)(F)C12C=CC(C1)C1CCCC12. The van der Waals surface area contributed by atoms with E-state index in [1.165, 1.54) is 6.08 Å². The summed E-state index contributed by atoms with van der Waals surface area (Å²) in [5.74, 6) is 0.461. The van der Waals surface area contributed by atoms with Gasteiger partial charge in [0, 0.05) is 0 Å². The van der Waals surface area contributed by atoms with Gasteiger partial charge in [0.2, 0.25) is 0 Å². The van der Waals surface area contributed by atoms with Crippen LogP contribution in [0.2, 0.25) is 0 Å². The highest BCUT2D eigenvalue weighted by atomic mass is 19.4. The molecule has 0 aromatic rings. The minimum absolute atomic E-state index is 0.0995. The molecule has 2 fully saturated rings. The van der Waals surface area contributed by atoms with E-state index in [2.05, 4.69) is 0 Å². The van der Waals surface area contributed by atoms with Crippen molar-refractivity contribution in [2.75, 3.05) is 0 Å². The number of halogens is 3. The topological polar surface area (TPSA) is 0 Å². The van der Waals surface area contributed by atoms with Crippen LogP contribution < -0.4 is 0 Å². The fourth-order valence-electron chi connectivity index (χ4n) is 3.95. The first kappa shape index (κ1) is 8.81. The standard InChI is InChI=1S/C11H13F3/c12-11(13,14)10-5-4-7(6-10)8-2-1-3-9(8)10/h4-5,7-9H,1-3,6H2. The smallest absolute Gasteiger partial charge is 0.170 e. The zero-order valence-corrected chi connectivity index (χ0v) is 7.85. The van der Waals surface area contributed by atoms with Gasteiger partial charge >= 0.3 is 6.18 Å². The average Bonchev–Trinajstić information content (AvgIpc) is 2.74. The molecule has 0 aromatic heterocycles. The second-order valence-electron chi connectivity index (χ2n) is 4.97. The van der Waals surface area contributed by atoms with Crippen LogP contribution in [0.15, 0.2) is 12.2 Å². The molecule has 4 atom stereocenters. The van der Waals surface area contributed by atoms with Crippen molar-refractivity contribution < 1.29 is 13.2 Å². The zero-order chi connectivity index (χ0) is 9.97. The first-order chi connectivity index (χ1) is 6.55. The Bertz CT molecular complexity index is 291. The zero-order valence-electron chi connectivity index (χ0n) is 7.85. The molecule has 0 saturated heterocycles. The Morgan fingerprint density at radius 2 is 2.00 bits per heavy atom. The van der Waals surface area contributed by atoms with Gasteiger partial charge in [-0.05, 0) is 37.0 Å². The van der Waals surface area contributed by atoms with Crippen molar-refractivity contribution in [3.63, 3.8) is 0 Å². The summed E-state index contributed by atoms with van der Waals surface area (Å²) in [6.45, 7) is 0. The van der Waals surface area contributed by atoms with Crippen molar-refractivity contribution >= 4 is 0 Å². The van der Waals surface area contributed by atoms with Crippen molar-refractivity contribution in [3.05, 3.63) is 12.2 Å². The van der Waals surface area contributed by atoms with Crippen LogP contribution in [0.25, 0.3) is 0 Å². The molecule has 0 aliphatic heterocycles. The second kappa shape index (κ2) is 2.37. The van der Waals surface area contributed by atoms with E-state index in [1.807, 2.05) is 6.08 Å². The Hall–Kier alpha value is -0.470. The molecular formula is C11H13F3. The van der Waals surface area contributed by atoms with E-state index in [4.69, 9.17) is 0 Å². The highest BCUT2D eigenvalue weighted by molar-refractivity contribution is 5.24. The maximum Gasteiger partial charge on any atom is 0.398 e. The summed E-state index contributed by atoms with van der Waals surface area (Å²) in [5, 5.41) is 0. The Kier molecular flexibility index (Phi) is 1.49. The van der Waals surface area contributed by atoms with Crippen molar-refractivity contribution in [1.82, 2.24) is 0 Å². The monoisotopic (exact) mass is 202 g/mol. The number of fused-ring (bicyclic) bond motifs is 5. The predicted molar refractivity (Wildman–Crippen MR) is 46.6 cm³/mol. The molecule has 4 unspecified atom stereocenters. The molecule has 78 valence electrons. The molecule has 2 saturated carbocycles. The number of alkyl halides is 3. The van der Waals surface area contributed by atoms with Gasteiger partial charge in [0.15, 0.2) is 0 Å². The number of rotatable bonds is 0. The van der Waals surface area contributed by atoms with Crippen molar-refractivity contribution in [2.24, 2.45) is 23.2 Å². The highest BCUT2D eigenvalue weighted by Gasteiger charge is 2.67. The third kappa shape index (κ3) is 0.818. The summed E-state index contributed by atoms with van der Waals surface area (Å²) in [5.41, 5.74) is -1.43. The van der Waals surface area contributed by atoms with Crippen molar-refractivity contribution in [2.45, 2.75) is 31.9 Å². The third-order valence-corrected chi connectivity index (χ3v) is 4.52. The van der Waals surface area contributed by atoms with Crippen LogP contribution in [0.4, 0.5) is 13.2 Å². The molecule has 0 amide bonds. The van der Waals surface area contributed by atoms with Gasteiger partial charge in [0.1, 0.15) is 0 Å². The molecule has 14 heavy (non-hydrogen) atoms. The lowest BCUT2D eigenvalue weighted by atomic mass is 9.74. The van der Waals surface area contributed by atoms with Crippen LogP contribution in [-0.2, 0) is 0 Å². The van der Waals surface area contributed by atoms with Gasteiger partial charge in [-0.3, -0.25) is 0 Å². The van der Waals surface area contributed by atoms with Gasteiger partial charge in [0.25, 0.3) is 0 Å². The molecule has 0 radical (unpaired) electrons. The van der Waals surface area contributed by atoms with Gasteiger partial charge in [-0.1, -0.05) is 18.6 Å². The lowest BCUT2D eigenvalue weighted by Crippen LogP contribution is -2.39. The summed E-state index contributed by atoms with van der Waals surface area (Å²) in [6.07, 6.45) is 2.38. The molecule has 0 nitrogen and oxygen atoms in total. The molecule has 0 spiro atoms. The van der Waals surface area contributed by atoms with Gasteiger partial charge in [-0.15, -0.1) is 0 Å². The van der Waals surface area contributed by atoms with Gasteiger partial charge < -0.3 is 0 Å². The number of allylic oxidation sites excluding steroid dienone is 2. The third-order valence-electron chi connectivity index (χ3n) is 4.52. The Labute approximate surface area is 81.2 Å². The molecule has 3 rings (SSSR count). The summed E-state index contributed by atoms with van der Waals surface area (Å²) >= 11 is 0. The Balaban J connectivity index is 2.04. The molecule has 3 aliphatic carbocycles. The van der Waals surface area contributed by atoms with Crippen LogP contribution in [0.3, 0.4) is 0 Å². The van der Waals surface area contributed by atoms with Crippen molar-refractivity contribution in [3.8, 4) is 0 Å². The highest BCUT2D eigenvalue weighted by Crippen LogP contribution is 2.67. The molecule has 3 heteroatoms. The van der Waals surface area contributed by atoms with E-state index in [-0.39, 0.29) is 11.8 Å². The number of hydrogen-bond donors (Lipinski definition) is 0. The summed E-state index contributed by atoms with van der Waals surface area (Å²) < 4.78 is 39.1. The van der Waals surface area contributed by atoms with E-state index in [1.54, 1.807) is 0 Å². The lowest BCUT2D eigenvalue weighted by Gasteiger charge is -2.34. The van der Waals surface area contributed by atoms with E-state index in [0.29, 0.717) is 12.3 Å². The fraction of sp³-hybridized carbons (Fsp3) is 0.818. The van der Waals surface area contributed by atoms with E-state index in [9.17, 15) is 13.2 Å². The van der Waals surface area contributed by atoms with Crippen LogP contribution in [0, 0.1) is 23.2 Å². The predicted octanol–water partition coefficient (Wildman–Crippen LogP) is 3.54. The molecule has 2 bridgehead atoms. The van der Waals surface area contributed by atoms with Crippen LogP contribution in [-0.4, -0.2) is 6.18 Å². The van der Waals surface area contributed by atoms with E-state index < -0.39 is 11.6 Å². The van der Waals surface area contributed by atoms with E-state index >= 15 is 0 Å². The molecular weight excluding hydrogens is 189 g/mol. The summed E-state index contributed by atoms with van der Waals surface area (Å²) in [7, 11) is 0. The first-order valence-corrected chi connectivity index (χ1v) is 5.31. The lowest BCUT2D eigenvalue weighted by molar-refractivity contribution is -0.217. The van der Waals surface area contributed by atoms with Crippen LogP contribution >= 0.6 is 0 Å². The maximum atomic E-state index is 13.0. The van der Waals surface area contributed by atoms with Gasteiger partial charge in [-0.2, -0.15) is 13.2 Å². The molecule has 0 heterocycles. The quantitative estimate of drug-likeness (QED) is 0.527. The van der Waals surface area contributed by atoms with Crippen molar-refractivity contribution in [1.29, 1.82) is 0 Å². The Morgan fingerprint density at radius 1 is 1.21 bits per heavy atom.